The fourth-order valence-electron chi connectivity index (χ4n) is 10.8. The van der Waals surface area contributed by atoms with Crippen molar-refractivity contribution in [2.24, 2.45) is 17.8 Å². The van der Waals surface area contributed by atoms with Gasteiger partial charge in [-0.2, -0.15) is 0 Å². The molecule has 3 heterocycles. The van der Waals surface area contributed by atoms with Gasteiger partial charge in [0.15, 0.2) is 0 Å². The topological polar surface area (TPSA) is 157 Å². The molecule has 342 valence electrons. The zero-order chi connectivity index (χ0) is 44.3. The van der Waals surface area contributed by atoms with Crippen LogP contribution in [-0.4, -0.2) is 96.8 Å². The summed E-state index contributed by atoms with van der Waals surface area (Å²) in [5.74, 6) is -2.84. The molecule has 4 amide bonds. The molecule has 3 saturated carbocycles. The zero-order valence-electron chi connectivity index (χ0n) is 36.1. The Balaban J connectivity index is 1.11. The van der Waals surface area contributed by atoms with Gasteiger partial charge >= 0.3 is 6.09 Å². The molecule has 13 nitrogen and oxygen atoms in total. The van der Waals surface area contributed by atoms with Crippen LogP contribution in [0.4, 0.5) is 19.3 Å². The number of rotatable bonds is 7. The van der Waals surface area contributed by atoms with Gasteiger partial charge < -0.3 is 20.3 Å². The molecule has 2 aromatic carbocycles. The fourth-order valence-corrected chi connectivity index (χ4v) is 12.1. The first-order valence-corrected chi connectivity index (χ1v) is 24.6. The van der Waals surface area contributed by atoms with E-state index in [9.17, 15) is 31.6 Å². The van der Waals surface area contributed by atoms with E-state index < -0.39 is 74.1 Å². The second-order valence-electron chi connectivity index (χ2n) is 18.8. The Morgan fingerprint density at radius 2 is 1.59 bits per heavy atom. The minimum absolute atomic E-state index is 0.0240. The van der Waals surface area contributed by atoms with Crippen LogP contribution in [-0.2, 0) is 42.2 Å². The number of carbonyl (C=O) groups excluding carboxylic acids is 4. The van der Waals surface area contributed by atoms with E-state index in [1.807, 2.05) is 0 Å². The lowest BCUT2D eigenvalue weighted by molar-refractivity contribution is -0.144. The molecule has 3 aliphatic carbocycles. The minimum Gasteiger partial charge on any atom is -0.444 e. The van der Waals surface area contributed by atoms with Crippen LogP contribution in [0.3, 0.4) is 0 Å². The fraction of sp³-hybridized carbons (Fsp3) is 0.617. The second-order valence-corrected chi connectivity index (χ2v) is 20.5. The minimum atomic E-state index is -4.64. The molecule has 16 heteroatoms. The maximum Gasteiger partial charge on any atom is 0.410 e. The molecule has 4 fully saturated rings. The summed E-state index contributed by atoms with van der Waals surface area (Å²) in [6.07, 6.45) is 13.6. The van der Waals surface area contributed by atoms with Crippen molar-refractivity contribution in [1.29, 1.82) is 0 Å². The second kappa shape index (κ2) is 19.3. The first kappa shape index (κ1) is 45.0. The van der Waals surface area contributed by atoms with Gasteiger partial charge in [-0.05, 0) is 86.6 Å². The molecule has 63 heavy (non-hydrogen) atoms. The Labute approximate surface area is 369 Å². The van der Waals surface area contributed by atoms with E-state index in [-0.39, 0.29) is 44.1 Å². The maximum absolute atomic E-state index is 15.4. The third-order valence-electron chi connectivity index (χ3n) is 14.4. The number of anilines is 1. The van der Waals surface area contributed by atoms with Crippen LogP contribution < -0.4 is 15.4 Å². The highest BCUT2D eigenvalue weighted by molar-refractivity contribution is 7.90. The molecule has 2 aromatic rings. The number of nitrogens with one attached hydrogen (secondary N) is 3. The van der Waals surface area contributed by atoms with Gasteiger partial charge in [0.1, 0.15) is 34.2 Å². The Morgan fingerprint density at radius 1 is 0.905 bits per heavy atom. The van der Waals surface area contributed by atoms with Gasteiger partial charge in [0.05, 0.1) is 24.8 Å². The van der Waals surface area contributed by atoms with Crippen molar-refractivity contribution in [1.82, 2.24) is 24.7 Å². The van der Waals surface area contributed by atoms with Crippen LogP contribution in [0, 0.1) is 29.4 Å². The predicted octanol–water partition coefficient (Wildman–Crippen LogP) is 6.77. The predicted molar refractivity (Wildman–Crippen MR) is 232 cm³/mol. The molecule has 0 bridgehead atoms. The molecule has 6 aliphatic rings. The van der Waals surface area contributed by atoms with Gasteiger partial charge in [-0.3, -0.25) is 24.2 Å². The number of hydrogen-bond donors (Lipinski definition) is 3. The van der Waals surface area contributed by atoms with Crippen molar-refractivity contribution in [2.75, 3.05) is 31.5 Å². The zero-order valence-corrected chi connectivity index (χ0v) is 36.9. The maximum atomic E-state index is 15.4. The van der Waals surface area contributed by atoms with E-state index in [1.165, 1.54) is 28.0 Å². The van der Waals surface area contributed by atoms with Gasteiger partial charge in [-0.25, -0.2) is 26.7 Å². The summed E-state index contributed by atoms with van der Waals surface area (Å²) in [7, 11) is -4.64. The Kier molecular flexibility index (Phi) is 13.8. The molecule has 0 aromatic heterocycles. The smallest absolute Gasteiger partial charge is 0.410 e. The highest BCUT2D eigenvalue weighted by atomic mass is 32.2. The van der Waals surface area contributed by atoms with Crippen molar-refractivity contribution in [3.63, 3.8) is 0 Å². The highest BCUT2D eigenvalue weighted by Crippen LogP contribution is 2.45. The quantitative estimate of drug-likeness (QED) is 0.256. The van der Waals surface area contributed by atoms with Crippen molar-refractivity contribution in [3.05, 3.63) is 71.8 Å². The van der Waals surface area contributed by atoms with Gasteiger partial charge in [-0.15, -0.1) is 6.58 Å². The summed E-state index contributed by atoms with van der Waals surface area (Å²) in [6, 6.07) is 6.36. The molecule has 1 spiro atoms. The van der Waals surface area contributed by atoms with E-state index in [4.69, 9.17) is 4.74 Å². The number of benzene rings is 2. The SMILES string of the molecule is C=C[C@@H]1C[C@@]12NC(=O)[C@@H]1C[C@@H](OC(=O)N3Cc4cccc(F)c4C3)CN1C(=O)[C@@H](N(CC1CCCC1)CC1CCCC1)CCCCCCCNc1ccc(F)cc1S(=O)(=O)NC2=O. The van der Waals surface area contributed by atoms with E-state index in [2.05, 4.69) is 26.8 Å². The van der Waals surface area contributed by atoms with E-state index in [0.717, 1.165) is 102 Å². The van der Waals surface area contributed by atoms with E-state index >= 15 is 4.79 Å². The molecular weight excluding hydrogens is 831 g/mol. The summed E-state index contributed by atoms with van der Waals surface area (Å²) in [4.78, 5) is 62.9. The van der Waals surface area contributed by atoms with Crippen molar-refractivity contribution in [2.45, 2.75) is 144 Å². The molecule has 3 N–H and O–H groups in total. The average Bonchev–Trinajstić information content (AvgIpc) is 3.89. The van der Waals surface area contributed by atoms with Crippen LogP contribution in [0.15, 0.2) is 53.9 Å². The average molecular weight is 893 g/mol. The van der Waals surface area contributed by atoms with E-state index in [1.54, 1.807) is 12.1 Å². The first-order valence-electron chi connectivity index (χ1n) is 23.2. The monoisotopic (exact) mass is 892 g/mol. The molecular formula is C47H62F2N6O7S. The van der Waals surface area contributed by atoms with Gasteiger partial charge in [0.25, 0.3) is 15.9 Å². The largest absolute Gasteiger partial charge is 0.444 e. The lowest BCUT2D eigenvalue weighted by Crippen LogP contribution is -2.58. The number of carbonyl (C=O) groups is 4. The first-order chi connectivity index (χ1) is 30.3. The lowest BCUT2D eigenvalue weighted by atomic mass is 9.98. The van der Waals surface area contributed by atoms with Gasteiger partial charge in [-0.1, -0.05) is 69.6 Å². The third-order valence-corrected chi connectivity index (χ3v) is 15.8. The third kappa shape index (κ3) is 10.1. The van der Waals surface area contributed by atoms with Gasteiger partial charge in [0, 0.05) is 44.1 Å². The number of fused-ring (bicyclic) bond motifs is 3. The van der Waals surface area contributed by atoms with Crippen LogP contribution in [0.1, 0.15) is 114 Å². The highest BCUT2D eigenvalue weighted by Gasteiger charge is 2.61. The number of amides is 4. The molecule has 0 unspecified atom stereocenters. The molecule has 5 atom stereocenters. The van der Waals surface area contributed by atoms with Crippen LogP contribution >= 0.6 is 0 Å². The Morgan fingerprint density at radius 3 is 2.27 bits per heavy atom. The van der Waals surface area contributed by atoms with Crippen molar-refractivity contribution < 1.29 is 41.1 Å². The van der Waals surface area contributed by atoms with Crippen molar-refractivity contribution >= 4 is 39.5 Å². The number of ether oxygens (including phenoxy) is 1. The Bertz CT molecular complexity index is 2150. The Hall–Kier alpha value is -4.57. The number of nitrogens with zero attached hydrogens (tertiary/aromatic N) is 3. The number of hydrogen-bond acceptors (Lipinski definition) is 9. The van der Waals surface area contributed by atoms with Crippen LogP contribution in [0.2, 0.25) is 0 Å². The molecule has 1 saturated heterocycles. The molecule has 8 rings (SSSR count). The van der Waals surface area contributed by atoms with Crippen molar-refractivity contribution in [3.8, 4) is 0 Å². The number of sulfonamides is 1. The normalized spacial score (nSPS) is 28.5. The summed E-state index contributed by atoms with van der Waals surface area (Å²) >= 11 is 0. The summed E-state index contributed by atoms with van der Waals surface area (Å²) in [5.41, 5.74) is -0.478. The summed E-state index contributed by atoms with van der Waals surface area (Å²) in [6.45, 7) is 5.94. The van der Waals surface area contributed by atoms with E-state index in [0.29, 0.717) is 42.3 Å². The van der Waals surface area contributed by atoms with Crippen LogP contribution in [0.5, 0.6) is 0 Å². The summed E-state index contributed by atoms with van der Waals surface area (Å²) < 4.78 is 65.1. The molecule has 3 aliphatic heterocycles. The standard InChI is InChI=1S/C47H62F2N6O7S/c1-2-34-25-47(34)45(58)52-63(60,61)42-23-35(48)20-21-39(42)50-22-11-5-3-4-6-19-40(53(26-31-13-7-8-14-31)27-32-15-9-10-16-32)44(57)55-29-36(24-41(55)43(56)51-47)62-46(59)54-28-33-17-12-18-38(49)37(33)30-54/h2,12,17-18,20-21,23,31-32,34,36,40-41,50H,1,3-11,13-16,19,22,24-30H2,(H,51,56)(H,52,58)/t34-,36-,40+,41+,47-/m1/s1. The number of halogens is 2. The summed E-state index contributed by atoms with van der Waals surface area (Å²) in [5, 5.41) is 5.95. The lowest BCUT2D eigenvalue weighted by Gasteiger charge is -2.38. The molecule has 0 radical (unpaired) electrons. The van der Waals surface area contributed by atoms with Gasteiger partial charge in [0.2, 0.25) is 11.8 Å². The van der Waals surface area contributed by atoms with Crippen LogP contribution in [0.25, 0.3) is 0 Å².